The lowest BCUT2D eigenvalue weighted by atomic mass is 10.4. The Morgan fingerprint density at radius 3 is 2.00 bits per heavy atom. The second kappa shape index (κ2) is 4.58. The maximum Gasteiger partial charge on any atom is 0.335 e. The third-order valence-electron chi connectivity index (χ3n) is 2.81. The molecule has 1 saturated carbocycles. The van der Waals surface area contributed by atoms with Crippen LogP contribution in [0.4, 0.5) is 0 Å². The molecule has 1 aliphatic rings. The molecular weight excluding hydrogens is 180 g/mol. The predicted octanol–water partition coefficient (Wildman–Crippen LogP) is 2.79. The van der Waals surface area contributed by atoms with Crippen molar-refractivity contribution in [2.75, 3.05) is 13.2 Å². The summed E-state index contributed by atoms with van der Waals surface area (Å²) in [6, 6.07) is 1.19. The fraction of sp³-hybridized carbons (Fsp3) is 1.00. The van der Waals surface area contributed by atoms with Crippen LogP contribution in [0.15, 0.2) is 0 Å². The smallest absolute Gasteiger partial charge is 0.335 e. The molecule has 13 heavy (non-hydrogen) atoms. The van der Waals surface area contributed by atoms with E-state index in [9.17, 15) is 0 Å². The van der Waals surface area contributed by atoms with Gasteiger partial charge in [-0.2, -0.15) is 0 Å². The summed E-state index contributed by atoms with van der Waals surface area (Å²) in [5.74, 6) is 1.79. The van der Waals surface area contributed by atoms with Gasteiger partial charge in [0.2, 0.25) is 0 Å². The predicted molar refractivity (Wildman–Crippen MR) is 56.9 cm³/mol. The Morgan fingerprint density at radius 1 is 1.23 bits per heavy atom. The van der Waals surface area contributed by atoms with Gasteiger partial charge in [-0.15, -0.1) is 0 Å². The summed E-state index contributed by atoms with van der Waals surface area (Å²) in [5.41, 5.74) is 0. The summed E-state index contributed by atoms with van der Waals surface area (Å²) >= 11 is 0. The third kappa shape index (κ3) is 3.41. The van der Waals surface area contributed by atoms with Crippen molar-refractivity contribution in [1.29, 1.82) is 0 Å². The second-order valence-corrected chi connectivity index (χ2v) is 7.43. The van der Waals surface area contributed by atoms with Crippen molar-refractivity contribution in [3.63, 3.8) is 0 Å². The highest BCUT2D eigenvalue weighted by molar-refractivity contribution is 6.66. The average Bonchev–Trinajstić information content (AvgIpc) is 2.66. The van der Waals surface area contributed by atoms with E-state index in [2.05, 4.69) is 27.3 Å². The van der Waals surface area contributed by atoms with Crippen LogP contribution in [0.25, 0.3) is 0 Å². The lowest BCUT2D eigenvalue weighted by Crippen LogP contribution is -2.39. The molecule has 3 heteroatoms. The van der Waals surface area contributed by atoms with Crippen LogP contribution in [0, 0.1) is 11.8 Å². The summed E-state index contributed by atoms with van der Waals surface area (Å²) < 4.78 is 11.6. The molecule has 2 nitrogen and oxygen atoms in total. The maximum atomic E-state index is 5.79. The maximum absolute atomic E-state index is 5.79. The van der Waals surface area contributed by atoms with Gasteiger partial charge in [-0.25, -0.2) is 0 Å². The van der Waals surface area contributed by atoms with E-state index in [4.69, 9.17) is 8.85 Å². The zero-order chi connectivity index (χ0) is 9.90. The Morgan fingerprint density at radius 2 is 1.69 bits per heavy atom. The van der Waals surface area contributed by atoms with Crippen LogP contribution >= 0.6 is 0 Å². The normalized spacial score (nSPS) is 27.7. The number of hydrogen-bond acceptors (Lipinski definition) is 2. The van der Waals surface area contributed by atoms with Crippen LogP contribution in [0.3, 0.4) is 0 Å². The summed E-state index contributed by atoms with van der Waals surface area (Å²) in [4.78, 5) is 0. The molecule has 1 fully saturated rings. The van der Waals surface area contributed by atoms with Gasteiger partial charge in [-0.3, -0.25) is 0 Å². The van der Waals surface area contributed by atoms with Crippen molar-refractivity contribution in [2.45, 2.75) is 39.8 Å². The second-order valence-electron chi connectivity index (χ2n) is 4.18. The summed E-state index contributed by atoms with van der Waals surface area (Å²) in [6.45, 7) is 10.2. The first-order chi connectivity index (χ1) is 6.11. The van der Waals surface area contributed by atoms with E-state index >= 15 is 0 Å². The Bertz CT molecular complexity index is 155. The van der Waals surface area contributed by atoms with E-state index in [-0.39, 0.29) is 0 Å². The van der Waals surface area contributed by atoms with Gasteiger partial charge in [0, 0.05) is 13.2 Å². The molecule has 2 unspecified atom stereocenters. The fourth-order valence-corrected chi connectivity index (χ4v) is 4.99. The molecule has 2 atom stereocenters. The zero-order valence-corrected chi connectivity index (χ0v) is 10.3. The third-order valence-corrected chi connectivity index (χ3v) is 5.87. The van der Waals surface area contributed by atoms with Crippen molar-refractivity contribution in [3.05, 3.63) is 0 Å². The SMILES string of the molecule is CCO[Si](C)(CC1CC1C)OCC. The molecule has 0 aromatic rings. The lowest BCUT2D eigenvalue weighted by Gasteiger charge is -2.25. The monoisotopic (exact) mass is 202 g/mol. The van der Waals surface area contributed by atoms with Crippen LogP contribution in [0.1, 0.15) is 27.2 Å². The molecular formula is C10H22O2Si. The Labute approximate surface area is 82.9 Å². The van der Waals surface area contributed by atoms with E-state index in [1.54, 1.807) is 0 Å². The largest absolute Gasteiger partial charge is 0.395 e. The van der Waals surface area contributed by atoms with Crippen molar-refractivity contribution in [1.82, 2.24) is 0 Å². The van der Waals surface area contributed by atoms with Crippen molar-refractivity contribution in [2.24, 2.45) is 11.8 Å². The summed E-state index contributed by atoms with van der Waals surface area (Å²) in [6.07, 6.45) is 1.38. The summed E-state index contributed by atoms with van der Waals surface area (Å²) in [7, 11) is -1.79. The van der Waals surface area contributed by atoms with Crippen molar-refractivity contribution in [3.8, 4) is 0 Å². The molecule has 78 valence electrons. The topological polar surface area (TPSA) is 18.5 Å². The van der Waals surface area contributed by atoms with Crippen molar-refractivity contribution < 1.29 is 8.85 Å². The van der Waals surface area contributed by atoms with Gasteiger partial charge in [0.05, 0.1) is 0 Å². The fourth-order valence-electron chi connectivity index (χ4n) is 1.93. The Hall–Kier alpha value is 0.137. The van der Waals surface area contributed by atoms with E-state index in [1.165, 1.54) is 12.5 Å². The Balaban J connectivity index is 2.35. The average molecular weight is 202 g/mol. The molecule has 0 radical (unpaired) electrons. The first-order valence-corrected chi connectivity index (χ1v) is 7.91. The highest BCUT2D eigenvalue weighted by Crippen LogP contribution is 2.44. The number of hydrogen-bond donors (Lipinski definition) is 0. The van der Waals surface area contributed by atoms with E-state index in [0.29, 0.717) is 0 Å². The van der Waals surface area contributed by atoms with Gasteiger partial charge in [0.25, 0.3) is 0 Å². The highest BCUT2D eigenvalue weighted by Gasteiger charge is 2.42. The van der Waals surface area contributed by atoms with Crippen LogP contribution in [0.2, 0.25) is 12.6 Å². The van der Waals surface area contributed by atoms with Gasteiger partial charge in [0.15, 0.2) is 0 Å². The van der Waals surface area contributed by atoms with Gasteiger partial charge in [-0.05, 0) is 44.7 Å². The van der Waals surface area contributed by atoms with Gasteiger partial charge in [0.1, 0.15) is 0 Å². The number of rotatable bonds is 6. The minimum atomic E-state index is -1.79. The molecule has 0 saturated heterocycles. The van der Waals surface area contributed by atoms with Crippen LogP contribution < -0.4 is 0 Å². The molecule has 0 amide bonds. The first-order valence-electron chi connectivity index (χ1n) is 5.39. The molecule has 0 aromatic heterocycles. The minimum absolute atomic E-state index is 0.795. The standard InChI is InChI=1S/C10H22O2Si/c1-5-11-13(4,12-6-2)8-10-7-9(10)3/h9-10H,5-8H2,1-4H3. The molecule has 1 aliphatic carbocycles. The van der Waals surface area contributed by atoms with E-state index in [1.807, 2.05) is 0 Å². The van der Waals surface area contributed by atoms with Crippen LogP contribution in [-0.4, -0.2) is 21.8 Å². The van der Waals surface area contributed by atoms with Crippen molar-refractivity contribution >= 4 is 8.56 Å². The van der Waals surface area contributed by atoms with Gasteiger partial charge in [-0.1, -0.05) is 6.92 Å². The molecule has 0 aromatic carbocycles. The highest BCUT2D eigenvalue weighted by atomic mass is 28.4. The molecule has 0 bridgehead atoms. The minimum Gasteiger partial charge on any atom is -0.395 e. The molecule has 0 spiro atoms. The molecule has 1 rings (SSSR count). The van der Waals surface area contributed by atoms with Gasteiger partial charge < -0.3 is 8.85 Å². The molecule has 0 aliphatic heterocycles. The first kappa shape index (κ1) is 11.2. The van der Waals surface area contributed by atoms with Gasteiger partial charge >= 0.3 is 8.56 Å². The molecule has 0 heterocycles. The lowest BCUT2D eigenvalue weighted by molar-refractivity contribution is 0.187. The molecule has 0 N–H and O–H groups in total. The quantitative estimate of drug-likeness (QED) is 0.617. The Kier molecular flexibility index (Phi) is 3.95. The van der Waals surface area contributed by atoms with Crippen LogP contribution in [0.5, 0.6) is 0 Å². The summed E-state index contributed by atoms with van der Waals surface area (Å²) in [5, 5.41) is 0. The van der Waals surface area contributed by atoms with Crippen LogP contribution in [-0.2, 0) is 8.85 Å². The van der Waals surface area contributed by atoms with E-state index in [0.717, 1.165) is 25.0 Å². The zero-order valence-electron chi connectivity index (χ0n) is 9.30. The van der Waals surface area contributed by atoms with E-state index < -0.39 is 8.56 Å².